The van der Waals surface area contributed by atoms with E-state index in [9.17, 15) is 14.7 Å². The van der Waals surface area contributed by atoms with Gasteiger partial charge in [0.05, 0.1) is 29.1 Å². The number of nitrogens with zero attached hydrogens (tertiary/aromatic N) is 4. The number of aliphatic hydroxyl groups is 1. The van der Waals surface area contributed by atoms with Crippen LogP contribution in [-0.2, 0) is 15.0 Å². The molecule has 2 N–H and O–H groups in total. The van der Waals surface area contributed by atoms with Crippen molar-refractivity contribution < 1.29 is 28.9 Å². The zero-order chi connectivity index (χ0) is 32.2. The number of alkyl carbamates (subject to hydrolysis) is 1. The smallest absolute Gasteiger partial charge is 0.420 e. The van der Waals surface area contributed by atoms with Crippen molar-refractivity contribution in [2.45, 2.75) is 136 Å². The summed E-state index contributed by atoms with van der Waals surface area (Å²) in [4.78, 5) is 31.6. The van der Waals surface area contributed by atoms with Crippen LogP contribution in [0.15, 0.2) is 24.4 Å². The van der Waals surface area contributed by atoms with Crippen LogP contribution in [0, 0.1) is 0 Å². The summed E-state index contributed by atoms with van der Waals surface area (Å²) >= 11 is 0. The number of hydrogen-bond acceptors (Lipinski definition) is 8. The van der Waals surface area contributed by atoms with Gasteiger partial charge in [-0.15, -0.1) is 0 Å². The minimum Gasteiger partial charge on any atom is -0.475 e. The zero-order valence-corrected chi connectivity index (χ0v) is 27.6. The minimum atomic E-state index is -0.728. The molecule has 0 aromatic carbocycles. The molecule has 0 saturated heterocycles. The van der Waals surface area contributed by atoms with Gasteiger partial charge in [0.1, 0.15) is 17.0 Å². The van der Waals surface area contributed by atoms with E-state index in [2.05, 4.69) is 10.3 Å². The van der Waals surface area contributed by atoms with Gasteiger partial charge in [-0.2, -0.15) is 5.10 Å². The first kappa shape index (κ1) is 34.2. The van der Waals surface area contributed by atoms with Crippen LogP contribution in [0.1, 0.15) is 113 Å². The van der Waals surface area contributed by atoms with E-state index in [1.165, 1.54) is 4.90 Å². The Kier molecular flexibility index (Phi) is 10.7. The summed E-state index contributed by atoms with van der Waals surface area (Å²) in [5.74, 6) is 1.04. The molecule has 11 nitrogen and oxygen atoms in total. The molecule has 2 heterocycles. The molecule has 3 rings (SSSR count). The van der Waals surface area contributed by atoms with E-state index < -0.39 is 28.9 Å². The van der Waals surface area contributed by atoms with Crippen LogP contribution >= 0.6 is 0 Å². The van der Waals surface area contributed by atoms with Gasteiger partial charge in [0, 0.05) is 30.8 Å². The number of amides is 2. The lowest BCUT2D eigenvalue weighted by Gasteiger charge is -2.30. The standard InChI is InChI=1S/C32H51N5O6/c1-21(12-11-16-34-28(39)42-31(5,6)7)41-26-19-23(15-17-33-26)36(29(40)43-32(8,9)10)27-20-25(22-13-14-24(38)18-22)35-37(27)30(2,3)4/h15,17,19-22,24,38H,11-14,16,18H2,1-10H3,(H,34,39)/t21?,22-,24+/m0/s1. The Morgan fingerprint density at radius 2 is 1.74 bits per heavy atom. The fourth-order valence-electron chi connectivity index (χ4n) is 4.87. The van der Waals surface area contributed by atoms with E-state index in [0.717, 1.165) is 18.5 Å². The van der Waals surface area contributed by atoms with Crippen LogP contribution in [0.5, 0.6) is 5.88 Å². The summed E-state index contributed by atoms with van der Waals surface area (Å²) in [5, 5.41) is 17.9. The summed E-state index contributed by atoms with van der Waals surface area (Å²) in [5.41, 5.74) is -0.348. The number of aliphatic hydroxyl groups excluding tert-OH is 1. The quantitative estimate of drug-likeness (QED) is 0.300. The number of nitrogens with one attached hydrogen (secondary N) is 1. The zero-order valence-electron chi connectivity index (χ0n) is 27.6. The van der Waals surface area contributed by atoms with Gasteiger partial charge in [0.15, 0.2) is 0 Å². The average Bonchev–Trinajstić information content (AvgIpc) is 3.47. The second-order valence-electron chi connectivity index (χ2n) is 14.3. The van der Waals surface area contributed by atoms with Crippen molar-refractivity contribution in [2.24, 2.45) is 0 Å². The molecule has 0 radical (unpaired) electrons. The Morgan fingerprint density at radius 3 is 2.33 bits per heavy atom. The third-order valence-electron chi connectivity index (χ3n) is 6.73. The number of carbonyl (C=O) groups is 2. The van der Waals surface area contributed by atoms with Crippen molar-refractivity contribution in [3.8, 4) is 5.88 Å². The second kappa shape index (κ2) is 13.5. The van der Waals surface area contributed by atoms with Crippen LogP contribution in [0.2, 0.25) is 0 Å². The van der Waals surface area contributed by atoms with Crippen LogP contribution in [-0.4, -0.2) is 62.0 Å². The third-order valence-corrected chi connectivity index (χ3v) is 6.73. The molecule has 0 spiro atoms. The molecule has 2 aromatic rings. The van der Waals surface area contributed by atoms with Crippen LogP contribution in [0.3, 0.4) is 0 Å². The molecule has 1 unspecified atom stereocenters. The second-order valence-corrected chi connectivity index (χ2v) is 14.3. The van der Waals surface area contributed by atoms with Crippen LogP contribution < -0.4 is 15.0 Å². The summed E-state index contributed by atoms with van der Waals surface area (Å²) in [7, 11) is 0. The van der Waals surface area contributed by atoms with Crippen molar-refractivity contribution in [3.63, 3.8) is 0 Å². The molecular weight excluding hydrogens is 550 g/mol. The fraction of sp³-hybridized carbons (Fsp3) is 0.688. The predicted octanol–water partition coefficient (Wildman–Crippen LogP) is 6.81. The summed E-state index contributed by atoms with van der Waals surface area (Å²) in [6.07, 6.45) is 3.65. The Labute approximate surface area is 256 Å². The third kappa shape index (κ3) is 10.4. The van der Waals surface area contributed by atoms with Gasteiger partial charge in [-0.3, -0.25) is 0 Å². The highest BCUT2D eigenvalue weighted by Gasteiger charge is 2.34. The Morgan fingerprint density at radius 1 is 1.07 bits per heavy atom. The van der Waals surface area contributed by atoms with Crippen LogP contribution in [0.25, 0.3) is 0 Å². The molecule has 0 aliphatic heterocycles. The largest absolute Gasteiger partial charge is 0.475 e. The van der Waals surface area contributed by atoms with Gasteiger partial charge in [0.25, 0.3) is 0 Å². The van der Waals surface area contributed by atoms with Crippen molar-refractivity contribution >= 4 is 23.7 Å². The summed E-state index contributed by atoms with van der Waals surface area (Å²) < 4.78 is 19.1. The van der Waals surface area contributed by atoms with Crippen molar-refractivity contribution in [2.75, 3.05) is 11.4 Å². The van der Waals surface area contributed by atoms with E-state index in [1.807, 2.05) is 80.0 Å². The first-order valence-electron chi connectivity index (χ1n) is 15.2. The lowest BCUT2D eigenvalue weighted by atomic mass is 10.0. The van der Waals surface area contributed by atoms with Gasteiger partial charge in [-0.1, -0.05) is 0 Å². The number of rotatable bonds is 9. The highest BCUT2D eigenvalue weighted by Crippen LogP contribution is 2.39. The lowest BCUT2D eigenvalue weighted by molar-refractivity contribution is 0.0523. The molecule has 1 aliphatic rings. The first-order valence-corrected chi connectivity index (χ1v) is 15.2. The summed E-state index contributed by atoms with van der Waals surface area (Å²) in [6.45, 7) is 19.4. The minimum absolute atomic E-state index is 0.111. The SMILES string of the molecule is CC(CCCNC(=O)OC(C)(C)C)Oc1cc(N(C(=O)OC(C)(C)C)c2cc([C@H]3CC[C@@H](O)C3)nn2C(C)(C)C)ccn1. The molecule has 240 valence electrons. The maximum Gasteiger partial charge on any atom is 0.420 e. The van der Waals surface area contributed by atoms with E-state index in [-0.39, 0.29) is 18.1 Å². The van der Waals surface area contributed by atoms with E-state index in [4.69, 9.17) is 19.3 Å². The Balaban J connectivity index is 1.84. The number of anilines is 2. The number of carbonyl (C=O) groups excluding carboxylic acids is 2. The van der Waals surface area contributed by atoms with Crippen LogP contribution in [0.4, 0.5) is 21.1 Å². The number of ether oxygens (including phenoxy) is 3. The molecule has 1 saturated carbocycles. The highest BCUT2D eigenvalue weighted by atomic mass is 16.6. The average molecular weight is 602 g/mol. The van der Waals surface area contributed by atoms with E-state index >= 15 is 0 Å². The molecule has 3 atom stereocenters. The first-order chi connectivity index (χ1) is 19.8. The Bertz CT molecular complexity index is 1240. The monoisotopic (exact) mass is 601 g/mol. The maximum absolute atomic E-state index is 13.8. The van der Waals surface area contributed by atoms with Crippen molar-refractivity contribution in [1.82, 2.24) is 20.1 Å². The molecule has 1 fully saturated rings. The van der Waals surface area contributed by atoms with E-state index in [0.29, 0.717) is 43.2 Å². The normalized spacial score (nSPS) is 18.2. The molecule has 1 aliphatic carbocycles. The van der Waals surface area contributed by atoms with Gasteiger partial charge in [0.2, 0.25) is 5.88 Å². The molecule has 2 aromatic heterocycles. The van der Waals surface area contributed by atoms with E-state index in [1.54, 1.807) is 18.3 Å². The molecular formula is C32H51N5O6. The number of aromatic nitrogens is 3. The topological polar surface area (TPSA) is 128 Å². The number of hydrogen-bond donors (Lipinski definition) is 2. The molecule has 11 heteroatoms. The van der Waals surface area contributed by atoms with Crippen molar-refractivity contribution in [3.05, 3.63) is 30.1 Å². The molecule has 2 amide bonds. The van der Waals surface area contributed by atoms with Gasteiger partial charge >= 0.3 is 12.2 Å². The summed E-state index contributed by atoms with van der Waals surface area (Å²) in [6, 6.07) is 5.39. The molecule has 0 bridgehead atoms. The molecule has 43 heavy (non-hydrogen) atoms. The maximum atomic E-state index is 13.8. The van der Waals surface area contributed by atoms with Gasteiger partial charge < -0.3 is 24.6 Å². The highest BCUT2D eigenvalue weighted by molar-refractivity contribution is 5.95. The predicted molar refractivity (Wildman–Crippen MR) is 166 cm³/mol. The Hall–Kier alpha value is -3.34. The fourth-order valence-corrected chi connectivity index (χ4v) is 4.87. The van der Waals surface area contributed by atoms with Crippen molar-refractivity contribution in [1.29, 1.82) is 0 Å². The lowest BCUT2D eigenvalue weighted by Crippen LogP contribution is -2.37. The van der Waals surface area contributed by atoms with Gasteiger partial charge in [-0.05, 0) is 107 Å². The number of pyridine rings is 1. The van der Waals surface area contributed by atoms with Gasteiger partial charge in [-0.25, -0.2) is 24.2 Å².